The summed E-state index contributed by atoms with van der Waals surface area (Å²) in [7, 11) is 0. The maximum Gasteiger partial charge on any atom is 0.166 e. The minimum absolute atomic E-state index is 0.125. The average molecular weight is 407 g/mol. The third-order valence-electron chi connectivity index (χ3n) is 4.29. The number of aromatic nitrogens is 2. The first-order chi connectivity index (χ1) is 13.3. The van der Waals surface area contributed by atoms with Crippen molar-refractivity contribution in [1.82, 2.24) is 9.97 Å². The predicted molar refractivity (Wildman–Crippen MR) is 107 cm³/mol. The number of benzene rings is 1. The van der Waals surface area contributed by atoms with Crippen molar-refractivity contribution in [1.29, 1.82) is 0 Å². The maximum atomic E-state index is 14.3. The Morgan fingerprint density at radius 3 is 2.75 bits per heavy atom. The first-order valence-electron chi connectivity index (χ1n) is 8.90. The number of fused-ring (bicyclic) bond motifs is 1. The van der Waals surface area contributed by atoms with Crippen LogP contribution < -0.4 is 15.8 Å². The Balaban J connectivity index is 1.67. The molecule has 1 aromatic carbocycles. The Labute approximate surface area is 166 Å². The Kier molecular flexibility index (Phi) is 6.26. The van der Waals surface area contributed by atoms with Gasteiger partial charge in [0.05, 0.1) is 18.3 Å². The van der Waals surface area contributed by atoms with E-state index in [4.69, 9.17) is 22.1 Å². The van der Waals surface area contributed by atoms with Crippen molar-refractivity contribution in [3.05, 3.63) is 58.9 Å². The number of nitrogens with two attached hydrogens (primary N) is 1. The average Bonchev–Trinajstić information content (AvgIpc) is 2.65. The lowest BCUT2D eigenvalue weighted by Gasteiger charge is -2.18. The molecule has 0 unspecified atom stereocenters. The summed E-state index contributed by atoms with van der Waals surface area (Å²) in [6.45, 7) is 4.01. The first-order valence-corrected chi connectivity index (χ1v) is 9.28. The summed E-state index contributed by atoms with van der Waals surface area (Å²) < 4.78 is 33.5. The fourth-order valence-corrected chi connectivity index (χ4v) is 2.98. The highest BCUT2D eigenvalue weighted by Gasteiger charge is 2.14. The molecule has 8 heteroatoms. The van der Waals surface area contributed by atoms with Gasteiger partial charge in [-0.3, -0.25) is 4.98 Å². The number of anilines is 1. The molecule has 2 aromatic heterocycles. The molecule has 0 radical (unpaired) electrons. The standard InChI is InChI=1S/C20H21ClF2N4O/c1-11(7-8-28-17-5-3-13(22)9-14(17)12(2)24)26-19-15(23)10-25-16-4-6-18(21)27-20(16)19/h3-6,9-12H,7-8,24H2,1-2H3,(H,25,26)/t11-,12-/m1/s1. The van der Waals surface area contributed by atoms with E-state index in [-0.39, 0.29) is 28.7 Å². The van der Waals surface area contributed by atoms with Crippen molar-refractivity contribution in [3.63, 3.8) is 0 Å². The quantitative estimate of drug-likeness (QED) is 0.549. The van der Waals surface area contributed by atoms with E-state index in [1.165, 1.54) is 12.1 Å². The second kappa shape index (κ2) is 8.67. The molecular weight excluding hydrogens is 386 g/mol. The highest BCUT2D eigenvalue weighted by molar-refractivity contribution is 6.29. The molecule has 0 saturated heterocycles. The summed E-state index contributed by atoms with van der Waals surface area (Å²) in [5.41, 5.74) is 7.64. The second-order valence-electron chi connectivity index (χ2n) is 6.64. The van der Waals surface area contributed by atoms with Gasteiger partial charge in [0.2, 0.25) is 0 Å². The van der Waals surface area contributed by atoms with Gasteiger partial charge in [0.15, 0.2) is 5.82 Å². The summed E-state index contributed by atoms with van der Waals surface area (Å²) in [5, 5.41) is 3.37. The molecule has 5 nitrogen and oxygen atoms in total. The summed E-state index contributed by atoms with van der Waals surface area (Å²) in [6, 6.07) is 7.08. The molecule has 0 aliphatic heterocycles. The Morgan fingerprint density at radius 2 is 2.00 bits per heavy atom. The van der Waals surface area contributed by atoms with Crippen LogP contribution in [-0.2, 0) is 0 Å². The molecular formula is C20H21ClF2N4O. The highest BCUT2D eigenvalue weighted by Crippen LogP contribution is 2.27. The number of hydrogen-bond donors (Lipinski definition) is 2. The van der Waals surface area contributed by atoms with Gasteiger partial charge < -0.3 is 15.8 Å². The van der Waals surface area contributed by atoms with Crippen LogP contribution >= 0.6 is 11.6 Å². The molecule has 3 rings (SSSR count). The van der Waals surface area contributed by atoms with E-state index < -0.39 is 5.82 Å². The summed E-state index contributed by atoms with van der Waals surface area (Å²) in [4.78, 5) is 8.20. The smallest absolute Gasteiger partial charge is 0.166 e. The van der Waals surface area contributed by atoms with E-state index in [1.807, 2.05) is 6.92 Å². The third-order valence-corrected chi connectivity index (χ3v) is 4.50. The van der Waals surface area contributed by atoms with Gasteiger partial charge in [-0.2, -0.15) is 0 Å². The normalized spacial score (nSPS) is 13.4. The Bertz CT molecular complexity index is 979. The number of nitrogens with zero attached hydrogens (tertiary/aromatic N) is 2. The van der Waals surface area contributed by atoms with Crippen molar-refractivity contribution in [2.24, 2.45) is 5.73 Å². The number of hydrogen-bond acceptors (Lipinski definition) is 5. The zero-order valence-corrected chi connectivity index (χ0v) is 16.3. The van der Waals surface area contributed by atoms with Gasteiger partial charge in [-0.1, -0.05) is 11.6 Å². The minimum atomic E-state index is -0.507. The summed E-state index contributed by atoms with van der Waals surface area (Å²) in [5.74, 6) is -0.328. The van der Waals surface area contributed by atoms with Gasteiger partial charge in [0, 0.05) is 24.1 Å². The van der Waals surface area contributed by atoms with Gasteiger partial charge in [0.1, 0.15) is 27.9 Å². The fraction of sp³-hybridized carbons (Fsp3) is 0.300. The van der Waals surface area contributed by atoms with Crippen LogP contribution in [0.5, 0.6) is 5.75 Å². The number of nitrogens with one attached hydrogen (secondary N) is 1. The molecule has 0 aliphatic rings. The van der Waals surface area contributed by atoms with Crippen LogP contribution in [0.4, 0.5) is 14.5 Å². The van der Waals surface area contributed by atoms with Crippen LogP contribution in [0.3, 0.4) is 0 Å². The molecule has 0 fully saturated rings. The van der Waals surface area contributed by atoms with Gasteiger partial charge in [-0.05, 0) is 44.2 Å². The van der Waals surface area contributed by atoms with E-state index in [0.717, 1.165) is 6.20 Å². The zero-order chi connectivity index (χ0) is 20.3. The second-order valence-corrected chi connectivity index (χ2v) is 7.02. The van der Waals surface area contributed by atoms with E-state index in [2.05, 4.69) is 15.3 Å². The summed E-state index contributed by atoms with van der Waals surface area (Å²) >= 11 is 5.94. The molecule has 148 valence electrons. The van der Waals surface area contributed by atoms with Crippen molar-refractivity contribution in [3.8, 4) is 5.75 Å². The largest absolute Gasteiger partial charge is 0.493 e. The van der Waals surface area contributed by atoms with Gasteiger partial charge in [-0.15, -0.1) is 0 Å². The van der Waals surface area contributed by atoms with E-state index in [0.29, 0.717) is 35.4 Å². The molecule has 0 bridgehead atoms. The van der Waals surface area contributed by atoms with Gasteiger partial charge in [-0.25, -0.2) is 13.8 Å². The van der Waals surface area contributed by atoms with Crippen molar-refractivity contribution in [2.45, 2.75) is 32.4 Å². The number of pyridine rings is 2. The van der Waals surface area contributed by atoms with Crippen molar-refractivity contribution >= 4 is 28.3 Å². The van der Waals surface area contributed by atoms with Crippen LogP contribution in [0.1, 0.15) is 31.9 Å². The molecule has 0 amide bonds. The van der Waals surface area contributed by atoms with E-state index in [1.54, 1.807) is 25.1 Å². The molecule has 0 aliphatic carbocycles. The molecule has 2 heterocycles. The van der Waals surface area contributed by atoms with Crippen LogP contribution in [0.2, 0.25) is 5.15 Å². The van der Waals surface area contributed by atoms with Crippen LogP contribution in [-0.4, -0.2) is 22.6 Å². The number of ether oxygens (including phenoxy) is 1. The third kappa shape index (κ3) is 4.66. The molecule has 2 atom stereocenters. The lowest BCUT2D eigenvalue weighted by molar-refractivity contribution is 0.299. The minimum Gasteiger partial charge on any atom is -0.493 e. The topological polar surface area (TPSA) is 73.1 Å². The predicted octanol–water partition coefficient (Wildman–Crippen LogP) is 4.85. The Hall–Kier alpha value is -2.51. The lowest BCUT2D eigenvalue weighted by atomic mass is 10.1. The van der Waals surface area contributed by atoms with Gasteiger partial charge >= 0.3 is 0 Å². The number of halogens is 3. The van der Waals surface area contributed by atoms with Crippen molar-refractivity contribution in [2.75, 3.05) is 11.9 Å². The van der Waals surface area contributed by atoms with Crippen molar-refractivity contribution < 1.29 is 13.5 Å². The SMILES string of the molecule is C[C@H](CCOc1ccc(F)cc1[C@@H](C)N)Nc1c(F)cnc2ccc(Cl)nc12. The number of rotatable bonds is 7. The molecule has 0 saturated carbocycles. The first kappa shape index (κ1) is 20.2. The lowest BCUT2D eigenvalue weighted by Crippen LogP contribution is -2.20. The van der Waals surface area contributed by atoms with Gasteiger partial charge in [0.25, 0.3) is 0 Å². The zero-order valence-electron chi connectivity index (χ0n) is 15.5. The van der Waals surface area contributed by atoms with Crippen LogP contribution in [0.15, 0.2) is 36.5 Å². The molecule has 0 spiro atoms. The van der Waals surface area contributed by atoms with E-state index >= 15 is 0 Å². The molecule has 28 heavy (non-hydrogen) atoms. The monoisotopic (exact) mass is 406 g/mol. The van der Waals surface area contributed by atoms with Crippen LogP contribution in [0, 0.1) is 11.6 Å². The van der Waals surface area contributed by atoms with E-state index in [9.17, 15) is 8.78 Å². The fourth-order valence-electron chi connectivity index (χ4n) is 2.83. The maximum absolute atomic E-state index is 14.3. The Morgan fingerprint density at radius 1 is 1.21 bits per heavy atom. The highest BCUT2D eigenvalue weighted by atomic mass is 35.5. The van der Waals surface area contributed by atoms with Crippen LogP contribution in [0.25, 0.3) is 11.0 Å². The molecule has 3 aromatic rings. The molecule has 3 N–H and O–H groups in total. The summed E-state index contributed by atoms with van der Waals surface area (Å²) in [6.07, 6.45) is 1.72.